The van der Waals surface area contributed by atoms with Crippen LogP contribution in [0.4, 0.5) is 5.13 Å². The third-order valence-electron chi connectivity index (χ3n) is 3.94. The maximum absolute atomic E-state index is 11.9. The molecule has 124 valence electrons. The summed E-state index contributed by atoms with van der Waals surface area (Å²) < 4.78 is 0. The van der Waals surface area contributed by atoms with E-state index in [0.29, 0.717) is 18.2 Å². The van der Waals surface area contributed by atoms with Gasteiger partial charge in [-0.1, -0.05) is 20.8 Å². The SMILES string of the molecule is CC(C)(C)[C@@H](O)CN1CCN(CC(=O)Nc2nccs2)CC1. The largest absolute Gasteiger partial charge is 0.391 e. The average Bonchev–Trinajstić information content (AvgIpc) is 2.92. The number of hydrogen-bond acceptors (Lipinski definition) is 6. The van der Waals surface area contributed by atoms with Gasteiger partial charge in [-0.15, -0.1) is 11.3 Å². The van der Waals surface area contributed by atoms with Gasteiger partial charge in [0.25, 0.3) is 0 Å². The molecule has 0 unspecified atom stereocenters. The maximum Gasteiger partial charge on any atom is 0.240 e. The Morgan fingerprint density at radius 3 is 2.55 bits per heavy atom. The highest BCUT2D eigenvalue weighted by atomic mass is 32.1. The van der Waals surface area contributed by atoms with Crippen molar-refractivity contribution in [2.45, 2.75) is 26.9 Å². The number of amides is 1. The number of carbonyl (C=O) groups excluding carboxylic acids is 1. The molecule has 2 rings (SSSR count). The summed E-state index contributed by atoms with van der Waals surface area (Å²) in [6.45, 7) is 10.7. The van der Waals surface area contributed by atoms with Gasteiger partial charge in [0.1, 0.15) is 0 Å². The minimum atomic E-state index is -0.327. The van der Waals surface area contributed by atoms with Crippen LogP contribution in [0.3, 0.4) is 0 Å². The highest BCUT2D eigenvalue weighted by Crippen LogP contribution is 2.20. The molecule has 0 radical (unpaired) electrons. The molecule has 0 saturated carbocycles. The Kier molecular flexibility index (Phi) is 5.91. The van der Waals surface area contributed by atoms with Crippen molar-refractivity contribution < 1.29 is 9.90 Å². The number of hydrogen-bond donors (Lipinski definition) is 2. The number of piperazine rings is 1. The van der Waals surface area contributed by atoms with E-state index in [2.05, 4.69) is 40.9 Å². The zero-order valence-electron chi connectivity index (χ0n) is 13.6. The first-order chi connectivity index (χ1) is 10.3. The molecule has 2 N–H and O–H groups in total. The Morgan fingerprint density at radius 2 is 2.00 bits per heavy atom. The third kappa shape index (κ3) is 5.31. The van der Waals surface area contributed by atoms with Gasteiger partial charge in [-0.2, -0.15) is 0 Å². The molecule has 7 heteroatoms. The maximum atomic E-state index is 11.9. The van der Waals surface area contributed by atoms with Gasteiger partial charge < -0.3 is 10.4 Å². The van der Waals surface area contributed by atoms with Gasteiger partial charge in [-0.05, 0) is 5.41 Å². The molecule has 0 aliphatic carbocycles. The Bertz CT molecular complexity index is 464. The molecule has 1 atom stereocenters. The smallest absolute Gasteiger partial charge is 0.240 e. The zero-order chi connectivity index (χ0) is 16.2. The van der Waals surface area contributed by atoms with Crippen molar-refractivity contribution in [2.75, 3.05) is 44.6 Å². The van der Waals surface area contributed by atoms with Crippen molar-refractivity contribution in [3.8, 4) is 0 Å². The number of carbonyl (C=O) groups is 1. The third-order valence-corrected chi connectivity index (χ3v) is 4.63. The van der Waals surface area contributed by atoms with Crippen LogP contribution in [0.5, 0.6) is 0 Å². The minimum absolute atomic E-state index is 0.0156. The predicted octanol–water partition coefficient (Wildman–Crippen LogP) is 1.11. The highest BCUT2D eigenvalue weighted by Gasteiger charge is 2.26. The molecule has 1 aromatic rings. The van der Waals surface area contributed by atoms with E-state index in [1.807, 2.05) is 5.38 Å². The normalized spacial score (nSPS) is 19.1. The Hall–Kier alpha value is -1.02. The summed E-state index contributed by atoms with van der Waals surface area (Å²) in [6, 6.07) is 0. The second-order valence-corrected chi connectivity index (χ2v) is 7.74. The predicted molar refractivity (Wildman–Crippen MR) is 89.1 cm³/mol. The molecule has 2 heterocycles. The van der Waals surface area contributed by atoms with Crippen molar-refractivity contribution in [3.63, 3.8) is 0 Å². The van der Waals surface area contributed by atoms with E-state index in [1.165, 1.54) is 11.3 Å². The van der Waals surface area contributed by atoms with Crippen molar-refractivity contribution in [2.24, 2.45) is 5.41 Å². The summed E-state index contributed by atoms with van der Waals surface area (Å²) in [5.41, 5.74) is -0.0925. The number of aliphatic hydroxyl groups excluding tert-OH is 1. The van der Waals surface area contributed by atoms with E-state index in [4.69, 9.17) is 0 Å². The van der Waals surface area contributed by atoms with Crippen LogP contribution in [-0.4, -0.2) is 71.2 Å². The lowest BCUT2D eigenvalue weighted by atomic mass is 9.89. The van der Waals surface area contributed by atoms with Crippen LogP contribution in [0.25, 0.3) is 0 Å². The summed E-state index contributed by atoms with van der Waals surface area (Å²) in [7, 11) is 0. The minimum Gasteiger partial charge on any atom is -0.391 e. The van der Waals surface area contributed by atoms with E-state index in [-0.39, 0.29) is 17.4 Å². The van der Waals surface area contributed by atoms with Gasteiger partial charge in [-0.25, -0.2) is 4.98 Å². The number of nitrogens with one attached hydrogen (secondary N) is 1. The van der Waals surface area contributed by atoms with Gasteiger partial charge in [0, 0.05) is 44.3 Å². The molecule has 1 aliphatic rings. The molecule has 1 aromatic heterocycles. The summed E-state index contributed by atoms with van der Waals surface area (Å²) in [4.78, 5) is 20.4. The molecule has 1 amide bonds. The van der Waals surface area contributed by atoms with E-state index >= 15 is 0 Å². The number of β-amino-alcohol motifs (C(OH)–C–C–N with tert-alkyl or cyclic N) is 1. The molecule has 22 heavy (non-hydrogen) atoms. The molecule has 0 aromatic carbocycles. The van der Waals surface area contributed by atoms with Crippen LogP contribution in [-0.2, 0) is 4.79 Å². The van der Waals surface area contributed by atoms with Crippen LogP contribution in [0.2, 0.25) is 0 Å². The Balaban J connectivity index is 1.70. The lowest BCUT2D eigenvalue weighted by molar-refractivity contribution is -0.117. The fourth-order valence-corrected chi connectivity index (χ4v) is 2.84. The van der Waals surface area contributed by atoms with Crippen molar-refractivity contribution in [1.82, 2.24) is 14.8 Å². The van der Waals surface area contributed by atoms with Crippen LogP contribution < -0.4 is 5.32 Å². The number of aromatic nitrogens is 1. The number of thiazole rings is 1. The van der Waals surface area contributed by atoms with Crippen LogP contribution in [0.1, 0.15) is 20.8 Å². The lowest BCUT2D eigenvalue weighted by Crippen LogP contribution is -2.51. The molecule has 0 bridgehead atoms. The topological polar surface area (TPSA) is 68.7 Å². The molecule has 1 saturated heterocycles. The highest BCUT2D eigenvalue weighted by molar-refractivity contribution is 7.13. The number of anilines is 1. The van der Waals surface area contributed by atoms with Crippen LogP contribution >= 0.6 is 11.3 Å². The second-order valence-electron chi connectivity index (χ2n) is 6.84. The summed E-state index contributed by atoms with van der Waals surface area (Å²) in [5, 5.41) is 15.5. The van der Waals surface area contributed by atoms with Crippen molar-refractivity contribution in [1.29, 1.82) is 0 Å². The van der Waals surface area contributed by atoms with Crippen molar-refractivity contribution >= 4 is 22.4 Å². The van der Waals surface area contributed by atoms with Crippen LogP contribution in [0, 0.1) is 5.41 Å². The number of aliphatic hydroxyl groups is 1. The van der Waals surface area contributed by atoms with Gasteiger partial charge in [0.05, 0.1) is 12.6 Å². The molecule has 1 aliphatic heterocycles. The van der Waals surface area contributed by atoms with E-state index in [0.717, 1.165) is 26.2 Å². The van der Waals surface area contributed by atoms with E-state index in [9.17, 15) is 9.90 Å². The molecule has 0 spiro atoms. The summed E-state index contributed by atoms with van der Waals surface area (Å²) in [6.07, 6.45) is 1.35. The van der Waals surface area contributed by atoms with Crippen molar-refractivity contribution in [3.05, 3.63) is 11.6 Å². The first-order valence-corrected chi connectivity index (χ1v) is 8.54. The summed E-state index contributed by atoms with van der Waals surface area (Å²) >= 11 is 1.43. The van der Waals surface area contributed by atoms with Gasteiger partial charge >= 0.3 is 0 Å². The molecular formula is C15H26N4O2S. The fraction of sp³-hybridized carbons (Fsp3) is 0.733. The quantitative estimate of drug-likeness (QED) is 0.848. The number of rotatable bonds is 5. The monoisotopic (exact) mass is 326 g/mol. The molecule has 1 fully saturated rings. The van der Waals surface area contributed by atoms with E-state index in [1.54, 1.807) is 6.20 Å². The second kappa shape index (κ2) is 7.50. The first kappa shape index (κ1) is 17.3. The number of nitrogens with zero attached hydrogens (tertiary/aromatic N) is 3. The van der Waals surface area contributed by atoms with E-state index < -0.39 is 0 Å². The molecular weight excluding hydrogens is 300 g/mol. The standard InChI is InChI=1S/C15H26N4O2S/c1-15(2,3)12(20)10-18-5-7-19(8-6-18)11-13(21)17-14-16-4-9-22-14/h4,9,12,20H,5-8,10-11H2,1-3H3,(H,16,17,21)/t12-/m0/s1. The van der Waals surface area contributed by atoms with Gasteiger partial charge in [0.2, 0.25) is 5.91 Å². The van der Waals surface area contributed by atoms with Gasteiger partial charge in [-0.3, -0.25) is 14.6 Å². The Morgan fingerprint density at radius 1 is 1.36 bits per heavy atom. The Labute approximate surface area is 136 Å². The zero-order valence-corrected chi connectivity index (χ0v) is 14.4. The first-order valence-electron chi connectivity index (χ1n) is 7.67. The molecule has 6 nitrogen and oxygen atoms in total. The summed E-state index contributed by atoms with van der Waals surface area (Å²) in [5.74, 6) is -0.0156. The lowest BCUT2D eigenvalue weighted by Gasteiger charge is -2.37. The average molecular weight is 326 g/mol. The van der Waals surface area contributed by atoms with Gasteiger partial charge in [0.15, 0.2) is 5.13 Å². The van der Waals surface area contributed by atoms with Crippen LogP contribution in [0.15, 0.2) is 11.6 Å². The fourth-order valence-electron chi connectivity index (χ4n) is 2.30.